The van der Waals surface area contributed by atoms with Crippen LogP contribution in [0.25, 0.3) is 0 Å². The molecule has 0 aliphatic rings. The van der Waals surface area contributed by atoms with E-state index in [0.29, 0.717) is 18.9 Å². The first-order chi connectivity index (χ1) is 5.91. The normalized spacial score (nSPS) is 13.9. The number of amides is 1. The lowest BCUT2D eigenvalue weighted by atomic mass is 10.0. The molecular formula is C10H22N2O. The van der Waals surface area contributed by atoms with Gasteiger partial charge in [0.15, 0.2) is 0 Å². The van der Waals surface area contributed by atoms with Gasteiger partial charge >= 0.3 is 0 Å². The summed E-state index contributed by atoms with van der Waals surface area (Å²) < 4.78 is 0. The maximum Gasteiger partial charge on any atom is 0.220 e. The fraction of sp³-hybridized carbons (Fsp3) is 0.900. The van der Waals surface area contributed by atoms with Crippen molar-refractivity contribution < 1.29 is 4.79 Å². The number of hydrogen-bond donors (Lipinski definition) is 2. The summed E-state index contributed by atoms with van der Waals surface area (Å²) >= 11 is 0. The number of carbonyl (C=O) groups is 1. The molecule has 3 N–H and O–H groups in total. The zero-order valence-electron chi connectivity index (χ0n) is 9.18. The lowest BCUT2D eigenvalue weighted by Crippen LogP contribution is -2.49. The van der Waals surface area contributed by atoms with Crippen molar-refractivity contribution in [2.45, 2.75) is 46.1 Å². The number of carbonyl (C=O) groups excluding carboxylic acids is 1. The Bertz CT molecular complexity index is 166. The first-order valence-corrected chi connectivity index (χ1v) is 4.92. The molecule has 0 fully saturated rings. The number of rotatable bonds is 5. The molecule has 0 aromatic rings. The molecule has 1 unspecified atom stereocenters. The van der Waals surface area contributed by atoms with Gasteiger partial charge in [0.25, 0.3) is 0 Å². The van der Waals surface area contributed by atoms with E-state index in [1.807, 2.05) is 13.8 Å². The summed E-state index contributed by atoms with van der Waals surface area (Å²) in [6, 6.07) is 0. The van der Waals surface area contributed by atoms with Crippen LogP contribution in [0.3, 0.4) is 0 Å². The Kier molecular flexibility index (Phi) is 4.99. The zero-order chi connectivity index (χ0) is 10.5. The molecular weight excluding hydrogens is 164 g/mol. The molecule has 13 heavy (non-hydrogen) atoms. The summed E-state index contributed by atoms with van der Waals surface area (Å²) in [5.41, 5.74) is 5.23. The second kappa shape index (κ2) is 5.22. The maximum atomic E-state index is 11.4. The van der Waals surface area contributed by atoms with Crippen LogP contribution in [0.1, 0.15) is 40.5 Å². The first-order valence-electron chi connectivity index (χ1n) is 4.92. The van der Waals surface area contributed by atoms with Gasteiger partial charge in [0.1, 0.15) is 0 Å². The maximum absolute atomic E-state index is 11.4. The van der Waals surface area contributed by atoms with Gasteiger partial charge in [-0.25, -0.2) is 0 Å². The molecule has 0 spiro atoms. The third-order valence-corrected chi connectivity index (χ3v) is 2.22. The fourth-order valence-corrected chi connectivity index (χ4v) is 0.940. The van der Waals surface area contributed by atoms with Gasteiger partial charge in [-0.3, -0.25) is 4.79 Å². The van der Waals surface area contributed by atoms with Crippen molar-refractivity contribution in [3.8, 4) is 0 Å². The molecule has 1 atom stereocenters. The molecule has 1 amide bonds. The molecule has 0 saturated carbocycles. The lowest BCUT2D eigenvalue weighted by Gasteiger charge is -2.24. The molecule has 0 aromatic carbocycles. The van der Waals surface area contributed by atoms with Crippen LogP contribution in [0.4, 0.5) is 0 Å². The molecule has 0 radical (unpaired) electrons. The van der Waals surface area contributed by atoms with Crippen LogP contribution in [0, 0.1) is 5.92 Å². The summed E-state index contributed by atoms with van der Waals surface area (Å²) in [6.45, 7) is 8.50. The summed E-state index contributed by atoms with van der Waals surface area (Å²) in [7, 11) is 0. The third-order valence-electron chi connectivity index (χ3n) is 2.22. The first kappa shape index (κ1) is 12.4. The van der Waals surface area contributed by atoms with Crippen LogP contribution < -0.4 is 11.1 Å². The van der Waals surface area contributed by atoms with Crippen molar-refractivity contribution in [3.63, 3.8) is 0 Å². The van der Waals surface area contributed by atoms with Crippen LogP contribution in [0.15, 0.2) is 0 Å². The molecule has 78 valence electrons. The van der Waals surface area contributed by atoms with E-state index in [9.17, 15) is 4.79 Å². The molecule has 3 heteroatoms. The van der Waals surface area contributed by atoms with Gasteiger partial charge in [0, 0.05) is 18.5 Å². The van der Waals surface area contributed by atoms with Gasteiger partial charge in [-0.1, -0.05) is 20.3 Å². The van der Waals surface area contributed by atoms with Gasteiger partial charge in [-0.15, -0.1) is 0 Å². The van der Waals surface area contributed by atoms with Crippen molar-refractivity contribution in [2.75, 3.05) is 6.54 Å². The highest BCUT2D eigenvalue weighted by Gasteiger charge is 2.18. The zero-order valence-corrected chi connectivity index (χ0v) is 9.18. The van der Waals surface area contributed by atoms with Crippen molar-refractivity contribution >= 4 is 5.91 Å². The van der Waals surface area contributed by atoms with Crippen LogP contribution in [-0.2, 0) is 4.79 Å². The monoisotopic (exact) mass is 186 g/mol. The quantitative estimate of drug-likeness (QED) is 0.679. The van der Waals surface area contributed by atoms with E-state index in [0.717, 1.165) is 6.42 Å². The van der Waals surface area contributed by atoms with E-state index < -0.39 is 0 Å². The van der Waals surface area contributed by atoms with Crippen molar-refractivity contribution in [3.05, 3.63) is 0 Å². The molecule has 0 saturated heterocycles. The van der Waals surface area contributed by atoms with Gasteiger partial charge in [-0.05, 0) is 19.8 Å². The van der Waals surface area contributed by atoms with Crippen LogP contribution in [-0.4, -0.2) is 18.0 Å². The second-order valence-corrected chi connectivity index (χ2v) is 4.35. The number of hydrogen-bond acceptors (Lipinski definition) is 2. The van der Waals surface area contributed by atoms with Gasteiger partial charge in [0.05, 0.1) is 0 Å². The van der Waals surface area contributed by atoms with E-state index in [1.54, 1.807) is 0 Å². The molecule has 0 aliphatic carbocycles. The summed E-state index contributed by atoms with van der Waals surface area (Å²) in [4.78, 5) is 11.4. The Morgan fingerprint density at radius 1 is 1.54 bits per heavy atom. The van der Waals surface area contributed by atoms with Crippen LogP contribution >= 0.6 is 0 Å². The van der Waals surface area contributed by atoms with Gasteiger partial charge in [0.2, 0.25) is 5.91 Å². The number of nitrogens with two attached hydrogens (primary N) is 1. The molecule has 0 aliphatic heterocycles. The van der Waals surface area contributed by atoms with E-state index in [4.69, 9.17) is 5.73 Å². The van der Waals surface area contributed by atoms with E-state index in [1.165, 1.54) is 0 Å². The average Bonchev–Trinajstić information content (AvgIpc) is 2.03. The minimum atomic E-state index is -0.273. The van der Waals surface area contributed by atoms with Crippen LogP contribution in [0.5, 0.6) is 0 Å². The smallest absolute Gasteiger partial charge is 0.220 e. The second-order valence-electron chi connectivity index (χ2n) is 4.35. The molecule has 0 aromatic heterocycles. The number of nitrogens with one attached hydrogen (secondary N) is 1. The topological polar surface area (TPSA) is 55.1 Å². The summed E-state index contributed by atoms with van der Waals surface area (Å²) in [6.07, 6.45) is 1.64. The van der Waals surface area contributed by atoms with Gasteiger partial charge in [-0.2, -0.15) is 0 Å². The highest BCUT2D eigenvalue weighted by atomic mass is 16.1. The summed E-state index contributed by atoms with van der Waals surface area (Å²) in [5.74, 6) is 0.554. The average molecular weight is 186 g/mol. The Labute approximate surface area is 81.1 Å². The van der Waals surface area contributed by atoms with Crippen molar-refractivity contribution in [1.82, 2.24) is 5.32 Å². The summed E-state index contributed by atoms with van der Waals surface area (Å²) in [5, 5.41) is 2.91. The molecule has 0 rings (SSSR count). The fourth-order valence-electron chi connectivity index (χ4n) is 0.940. The predicted octanol–water partition coefficient (Wildman–Crippen LogP) is 1.28. The largest absolute Gasteiger partial charge is 0.350 e. The molecule has 0 bridgehead atoms. The predicted molar refractivity (Wildman–Crippen MR) is 55.3 cm³/mol. The third kappa shape index (κ3) is 5.64. The minimum absolute atomic E-state index is 0.102. The Morgan fingerprint density at radius 3 is 2.46 bits per heavy atom. The van der Waals surface area contributed by atoms with Gasteiger partial charge < -0.3 is 11.1 Å². The van der Waals surface area contributed by atoms with E-state index >= 15 is 0 Å². The van der Waals surface area contributed by atoms with Crippen LogP contribution in [0.2, 0.25) is 0 Å². The van der Waals surface area contributed by atoms with Crippen molar-refractivity contribution in [2.24, 2.45) is 11.7 Å². The Balaban J connectivity index is 3.87. The molecule has 0 heterocycles. The minimum Gasteiger partial charge on any atom is -0.350 e. The lowest BCUT2D eigenvalue weighted by molar-refractivity contribution is -0.123. The standard InChI is InChI=1S/C10H22N2O/c1-5-8(2)6-9(13)12-10(3,4)7-11/h8H,5-7,11H2,1-4H3,(H,12,13). The highest BCUT2D eigenvalue weighted by Crippen LogP contribution is 2.07. The molecule has 3 nitrogen and oxygen atoms in total. The van der Waals surface area contributed by atoms with E-state index in [2.05, 4.69) is 19.2 Å². The Hall–Kier alpha value is -0.570. The Morgan fingerprint density at radius 2 is 2.08 bits per heavy atom. The van der Waals surface area contributed by atoms with E-state index in [-0.39, 0.29) is 11.4 Å². The van der Waals surface area contributed by atoms with Crippen molar-refractivity contribution in [1.29, 1.82) is 0 Å². The SMILES string of the molecule is CCC(C)CC(=O)NC(C)(C)CN. The highest BCUT2D eigenvalue weighted by molar-refractivity contribution is 5.76.